The Hall–Kier alpha value is -0.960. The van der Waals surface area contributed by atoms with E-state index >= 15 is 0 Å². The van der Waals surface area contributed by atoms with Crippen LogP contribution in [0, 0.1) is 5.92 Å². The zero-order valence-corrected chi connectivity index (χ0v) is 7.12. The van der Waals surface area contributed by atoms with Gasteiger partial charge in [-0.1, -0.05) is 0 Å². The maximum Gasteiger partial charge on any atom is 0.157 e. The molecule has 2 rings (SSSR count). The van der Waals surface area contributed by atoms with Crippen molar-refractivity contribution in [3.63, 3.8) is 0 Å². The van der Waals surface area contributed by atoms with Crippen LogP contribution in [0.4, 0.5) is 0 Å². The normalized spacial score (nSPS) is 19.2. The predicted molar refractivity (Wildman–Crippen MR) is 44.9 cm³/mol. The number of hydrogen-bond acceptors (Lipinski definition) is 3. The second-order valence-electron chi connectivity index (χ2n) is 3.25. The Labute approximate surface area is 71.5 Å². The highest BCUT2D eigenvalue weighted by Crippen LogP contribution is 2.40. The Kier molecular flexibility index (Phi) is 1.81. The molecular formula is C9H13NO2. The Morgan fingerprint density at radius 2 is 2.42 bits per heavy atom. The number of methoxy groups -OCH3 is 1. The van der Waals surface area contributed by atoms with E-state index in [4.69, 9.17) is 14.9 Å². The minimum atomic E-state index is 0.0638. The summed E-state index contributed by atoms with van der Waals surface area (Å²) in [6.45, 7) is 0. The van der Waals surface area contributed by atoms with Crippen molar-refractivity contribution in [3.05, 3.63) is 18.1 Å². The van der Waals surface area contributed by atoms with Gasteiger partial charge < -0.3 is 14.9 Å². The molecule has 0 radical (unpaired) electrons. The standard InChI is InChI=1S/C9H13NO2/c1-11-7-4-8(12-5-7)9(10)6-2-3-6/h4-6,9H,2-3,10H2,1H3/t9-/m1/s1. The number of nitrogens with two attached hydrogens (primary N) is 1. The molecule has 1 aromatic heterocycles. The first-order valence-electron chi connectivity index (χ1n) is 4.19. The van der Waals surface area contributed by atoms with E-state index in [1.54, 1.807) is 13.4 Å². The molecule has 0 aliphatic heterocycles. The molecule has 1 heterocycles. The summed E-state index contributed by atoms with van der Waals surface area (Å²) >= 11 is 0. The lowest BCUT2D eigenvalue weighted by Crippen LogP contribution is -2.10. The van der Waals surface area contributed by atoms with E-state index in [2.05, 4.69) is 0 Å². The molecule has 0 spiro atoms. The van der Waals surface area contributed by atoms with E-state index in [0.717, 1.165) is 11.5 Å². The number of furan rings is 1. The Balaban J connectivity index is 2.10. The van der Waals surface area contributed by atoms with Gasteiger partial charge in [0.15, 0.2) is 5.75 Å². The summed E-state index contributed by atoms with van der Waals surface area (Å²) in [4.78, 5) is 0. The highest BCUT2D eigenvalue weighted by Gasteiger charge is 2.31. The zero-order valence-electron chi connectivity index (χ0n) is 7.12. The molecule has 1 saturated carbocycles. The minimum absolute atomic E-state index is 0.0638. The van der Waals surface area contributed by atoms with Gasteiger partial charge in [0.1, 0.15) is 12.0 Å². The predicted octanol–water partition coefficient (Wildman–Crippen LogP) is 1.70. The van der Waals surface area contributed by atoms with Gasteiger partial charge in [-0.15, -0.1) is 0 Å². The molecule has 0 saturated heterocycles. The molecule has 0 bridgehead atoms. The summed E-state index contributed by atoms with van der Waals surface area (Å²) in [6, 6.07) is 1.93. The van der Waals surface area contributed by atoms with Gasteiger partial charge in [-0.25, -0.2) is 0 Å². The fourth-order valence-corrected chi connectivity index (χ4v) is 1.30. The first kappa shape index (κ1) is 7.68. The topological polar surface area (TPSA) is 48.4 Å². The molecule has 1 aliphatic rings. The maximum absolute atomic E-state index is 5.92. The molecule has 0 aromatic carbocycles. The van der Waals surface area contributed by atoms with Crippen molar-refractivity contribution in [3.8, 4) is 5.75 Å². The number of ether oxygens (including phenoxy) is 1. The molecule has 1 aromatic rings. The maximum atomic E-state index is 5.92. The van der Waals surface area contributed by atoms with Crippen LogP contribution < -0.4 is 10.5 Å². The minimum Gasteiger partial charge on any atom is -0.493 e. The van der Waals surface area contributed by atoms with Crippen LogP contribution in [0.15, 0.2) is 16.7 Å². The van der Waals surface area contributed by atoms with Gasteiger partial charge in [0, 0.05) is 6.07 Å². The third kappa shape index (κ3) is 1.32. The lowest BCUT2D eigenvalue weighted by Gasteiger charge is -2.04. The van der Waals surface area contributed by atoms with E-state index in [0.29, 0.717) is 5.92 Å². The largest absolute Gasteiger partial charge is 0.493 e. The molecule has 1 atom stereocenters. The van der Waals surface area contributed by atoms with Crippen LogP contribution in [-0.2, 0) is 0 Å². The van der Waals surface area contributed by atoms with Crippen molar-refractivity contribution in [2.75, 3.05) is 7.11 Å². The third-order valence-corrected chi connectivity index (χ3v) is 2.29. The van der Waals surface area contributed by atoms with Gasteiger partial charge >= 0.3 is 0 Å². The van der Waals surface area contributed by atoms with Crippen LogP contribution >= 0.6 is 0 Å². The highest BCUT2D eigenvalue weighted by molar-refractivity contribution is 5.22. The number of hydrogen-bond donors (Lipinski definition) is 1. The van der Waals surface area contributed by atoms with Gasteiger partial charge in [-0.05, 0) is 18.8 Å². The summed E-state index contributed by atoms with van der Waals surface area (Å²) in [5.41, 5.74) is 5.92. The molecule has 0 amide bonds. The summed E-state index contributed by atoms with van der Waals surface area (Å²) in [6.07, 6.45) is 4.05. The second kappa shape index (κ2) is 2.83. The average molecular weight is 167 g/mol. The van der Waals surface area contributed by atoms with Gasteiger partial charge in [-0.2, -0.15) is 0 Å². The SMILES string of the molecule is COc1coc([C@H](N)C2CC2)c1. The summed E-state index contributed by atoms with van der Waals surface area (Å²) in [5.74, 6) is 2.22. The second-order valence-corrected chi connectivity index (χ2v) is 3.25. The summed E-state index contributed by atoms with van der Waals surface area (Å²) in [5, 5.41) is 0. The van der Waals surface area contributed by atoms with Crippen LogP contribution in [0.5, 0.6) is 5.75 Å². The monoisotopic (exact) mass is 167 g/mol. The molecule has 0 unspecified atom stereocenters. The average Bonchev–Trinajstić information content (AvgIpc) is 2.82. The molecule has 3 nitrogen and oxygen atoms in total. The van der Waals surface area contributed by atoms with Crippen LogP contribution in [0.3, 0.4) is 0 Å². The van der Waals surface area contributed by atoms with E-state index in [1.165, 1.54) is 12.8 Å². The molecule has 2 N–H and O–H groups in total. The molecule has 1 fully saturated rings. The van der Waals surface area contributed by atoms with E-state index < -0.39 is 0 Å². The molecule has 66 valence electrons. The van der Waals surface area contributed by atoms with Gasteiger partial charge in [0.05, 0.1) is 13.2 Å². The van der Waals surface area contributed by atoms with Crippen molar-refractivity contribution in [2.24, 2.45) is 11.7 Å². The van der Waals surface area contributed by atoms with Crippen molar-refractivity contribution in [2.45, 2.75) is 18.9 Å². The van der Waals surface area contributed by atoms with Crippen LogP contribution in [-0.4, -0.2) is 7.11 Å². The van der Waals surface area contributed by atoms with E-state index in [-0.39, 0.29) is 6.04 Å². The van der Waals surface area contributed by atoms with Gasteiger partial charge in [-0.3, -0.25) is 0 Å². The zero-order chi connectivity index (χ0) is 8.55. The Morgan fingerprint density at radius 1 is 1.67 bits per heavy atom. The molecule has 1 aliphatic carbocycles. The highest BCUT2D eigenvalue weighted by atomic mass is 16.5. The van der Waals surface area contributed by atoms with Crippen molar-refractivity contribution < 1.29 is 9.15 Å². The number of rotatable bonds is 3. The molecule has 12 heavy (non-hydrogen) atoms. The van der Waals surface area contributed by atoms with Crippen LogP contribution in [0.2, 0.25) is 0 Å². The van der Waals surface area contributed by atoms with Crippen LogP contribution in [0.25, 0.3) is 0 Å². The Bertz CT molecular complexity index is 265. The first-order valence-corrected chi connectivity index (χ1v) is 4.19. The van der Waals surface area contributed by atoms with Gasteiger partial charge in [0.2, 0.25) is 0 Å². The Morgan fingerprint density at radius 3 is 2.92 bits per heavy atom. The van der Waals surface area contributed by atoms with Crippen molar-refractivity contribution >= 4 is 0 Å². The smallest absolute Gasteiger partial charge is 0.157 e. The lowest BCUT2D eigenvalue weighted by atomic mass is 10.1. The quantitative estimate of drug-likeness (QED) is 0.745. The fourth-order valence-electron chi connectivity index (χ4n) is 1.30. The van der Waals surface area contributed by atoms with E-state index in [9.17, 15) is 0 Å². The van der Waals surface area contributed by atoms with Gasteiger partial charge in [0.25, 0.3) is 0 Å². The lowest BCUT2D eigenvalue weighted by molar-refractivity contribution is 0.400. The summed E-state index contributed by atoms with van der Waals surface area (Å²) < 4.78 is 10.3. The van der Waals surface area contributed by atoms with Crippen molar-refractivity contribution in [1.29, 1.82) is 0 Å². The van der Waals surface area contributed by atoms with Crippen LogP contribution in [0.1, 0.15) is 24.6 Å². The van der Waals surface area contributed by atoms with Crippen molar-refractivity contribution in [1.82, 2.24) is 0 Å². The first-order chi connectivity index (χ1) is 5.81. The molecular weight excluding hydrogens is 154 g/mol. The summed E-state index contributed by atoms with van der Waals surface area (Å²) in [7, 11) is 1.62. The fraction of sp³-hybridized carbons (Fsp3) is 0.556. The third-order valence-electron chi connectivity index (χ3n) is 2.29. The van der Waals surface area contributed by atoms with E-state index in [1.807, 2.05) is 6.07 Å². The molecule has 3 heteroatoms.